The Hall–Kier alpha value is -2.80. The van der Waals surface area contributed by atoms with E-state index in [4.69, 9.17) is 10.4 Å². The average molecular weight is 239 g/mol. The van der Waals surface area contributed by atoms with Crippen LogP contribution in [0.15, 0.2) is 42.0 Å². The summed E-state index contributed by atoms with van der Waals surface area (Å²) in [7, 11) is 0. The summed E-state index contributed by atoms with van der Waals surface area (Å²) >= 11 is 0. The second-order valence-electron chi connectivity index (χ2n) is 3.69. The lowest BCUT2D eigenvalue weighted by atomic mass is 10.0. The Morgan fingerprint density at radius 2 is 1.94 bits per heavy atom. The molecule has 4 heteroatoms. The number of hydrogen-bond donors (Lipinski definition) is 2. The number of phenolic OH excluding ortho intramolecular Hbond substituents is 1. The third-order valence-electron chi connectivity index (χ3n) is 2.59. The molecule has 0 fully saturated rings. The minimum atomic E-state index is -1.31. The van der Waals surface area contributed by atoms with Gasteiger partial charge in [0.25, 0.3) is 0 Å². The van der Waals surface area contributed by atoms with Crippen LogP contribution in [0.2, 0.25) is 0 Å². The van der Waals surface area contributed by atoms with Crippen molar-refractivity contribution in [3.8, 4) is 11.8 Å². The predicted molar refractivity (Wildman–Crippen MR) is 66.8 cm³/mol. The van der Waals surface area contributed by atoms with Gasteiger partial charge in [-0.25, -0.2) is 4.79 Å². The van der Waals surface area contributed by atoms with Crippen LogP contribution >= 0.6 is 0 Å². The Balaban J connectivity index is 2.75. The van der Waals surface area contributed by atoms with Crippen LogP contribution in [0.3, 0.4) is 0 Å². The molecule has 88 valence electrons. The number of aliphatic carboxylic acids is 1. The molecule has 0 atom stereocenters. The van der Waals surface area contributed by atoms with E-state index in [1.54, 1.807) is 24.3 Å². The Morgan fingerprint density at radius 3 is 2.61 bits per heavy atom. The quantitative estimate of drug-likeness (QED) is 0.623. The number of benzene rings is 2. The molecule has 2 aromatic carbocycles. The molecule has 2 N–H and O–H groups in total. The molecule has 0 amide bonds. The maximum absolute atomic E-state index is 10.8. The monoisotopic (exact) mass is 239 g/mol. The highest BCUT2D eigenvalue weighted by atomic mass is 16.4. The maximum atomic E-state index is 10.8. The third kappa shape index (κ3) is 2.02. The van der Waals surface area contributed by atoms with E-state index >= 15 is 0 Å². The van der Waals surface area contributed by atoms with Gasteiger partial charge in [0.05, 0.1) is 0 Å². The fourth-order valence-electron chi connectivity index (χ4n) is 1.72. The number of aromatic hydroxyl groups is 1. The van der Waals surface area contributed by atoms with Gasteiger partial charge in [0.2, 0.25) is 0 Å². The normalized spacial score (nSPS) is 11.2. The maximum Gasteiger partial charge on any atom is 0.346 e. The van der Waals surface area contributed by atoms with Gasteiger partial charge in [0.15, 0.2) is 0 Å². The van der Waals surface area contributed by atoms with Gasteiger partial charge < -0.3 is 10.2 Å². The Kier molecular flexibility index (Phi) is 2.98. The molecule has 0 aliphatic heterocycles. The highest BCUT2D eigenvalue weighted by Crippen LogP contribution is 2.29. The lowest BCUT2D eigenvalue weighted by molar-refractivity contribution is -0.132. The zero-order chi connectivity index (χ0) is 13.1. The van der Waals surface area contributed by atoms with E-state index in [1.807, 2.05) is 12.1 Å². The molecule has 0 aromatic heterocycles. The van der Waals surface area contributed by atoms with Gasteiger partial charge >= 0.3 is 5.97 Å². The molecule has 0 bridgehead atoms. The predicted octanol–water partition coefficient (Wildman–Crippen LogP) is 2.54. The standard InChI is InChI=1S/C14H9NO3/c15-8-10(14(17)18)7-12-11-4-2-1-3-9(11)5-6-13(12)16/h1-7,16H,(H,17,18)/b10-7-. The first kappa shape index (κ1) is 11.7. The van der Waals surface area contributed by atoms with Gasteiger partial charge in [-0.3, -0.25) is 0 Å². The third-order valence-corrected chi connectivity index (χ3v) is 2.59. The summed E-state index contributed by atoms with van der Waals surface area (Å²) in [5.74, 6) is -1.37. The molecule has 0 aliphatic rings. The summed E-state index contributed by atoms with van der Waals surface area (Å²) in [6.07, 6.45) is 1.18. The summed E-state index contributed by atoms with van der Waals surface area (Å²) in [5, 5.41) is 28.9. The zero-order valence-corrected chi connectivity index (χ0v) is 9.29. The second kappa shape index (κ2) is 4.60. The van der Waals surface area contributed by atoms with Crippen LogP contribution in [0.1, 0.15) is 5.56 Å². The molecule has 0 spiro atoms. The number of fused-ring (bicyclic) bond motifs is 1. The largest absolute Gasteiger partial charge is 0.507 e. The molecule has 0 aliphatic carbocycles. The van der Waals surface area contributed by atoms with E-state index in [1.165, 1.54) is 12.1 Å². The van der Waals surface area contributed by atoms with Crippen molar-refractivity contribution in [3.05, 3.63) is 47.5 Å². The first-order chi connectivity index (χ1) is 8.63. The number of hydrogen-bond acceptors (Lipinski definition) is 3. The fourth-order valence-corrected chi connectivity index (χ4v) is 1.72. The fraction of sp³-hybridized carbons (Fsp3) is 0. The van der Waals surface area contributed by atoms with E-state index in [2.05, 4.69) is 0 Å². The minimum Gasteiger partial charge on any atom is -0.507 e. The first-order valence-corrected chi connectivity index (χ1v) is 5.19. The van der Waals surface area contributed by atoms with Crippen LogP contribution in [0.25, 0.3) is 16.8 Å². The van der Waals surface area contributed by atoms with Crippen LogP contribution in [-0.4, -0.2) is 16.2 Å². The summed E-state index contributed by atoms with van der Waals surface area (Å²) in [6, 6.07) is 12.0. The molecule has 18 heavy (non-hydrogen) atoms. The average Bonchev–Trinajstić information content (AvgIpc) is 2.37. The smallest absolute Gasteiger partial charge is 0.346 e. The first-order valence-electron chi connectivity index (χ1n) is 5.19. The molecule has 2 aromatic rings. The molecule has 4 nitrogen and oxygen atoms in total. The number of nitriles is 1. The molecular formula is C14H9NO3. The highest BCUT2D eigenvalue weighted by Gasteiger charge is 2.10. The van der Waals surface area contributed by atoms with Crippen LogP contribution < -0.4 is 0 Å². The number of phenols is 1. The summed E-state index contributed by atoms with van der Waals surface area (Å²) in [6.45, 7) is 0. The van der Waals surface area contributed by atoms with Gasteiger partial charge in [-0.1, -0.05) is 30.3 Å². The van der Waals surface area contributed by atoms with Crippen molar-refractivity contribution in [3.63, 3.8) is 0 Å². The van der Waals surface area contributed by atoms with Crippen LogP contribution in [0.4, 0.5) is 0 Å². The van der Waals surface area contributed by atoms with E-state index < -0.39 is 11.5 Å². The highest BCUT2D eigenvalue weighted by molar-refractivity contribution is 6.01. The number of carboxylic acid groups (broad SMARTS) is 1. The number of carboxylic acids is 1. The van der Waals surface area contributed by atoms with E-state index in [-0.39, 0.29) is 5.75 Å². The van der Waals surface area contributed by atoms with Crippen molar-refractivity contribution in [2.24, 2.45) is 0 Å². The molecule has 0 heterocycles. The van der Waals surface area contributed by atoms with Crippen LogP contribution in [-0.2, 0) is 4.79 Å². The van der Waals surface area contributed by atoms with Crippen LogP contribution in [0, 0.1) is 11.3 Å². The summed E-state index contributed by atoms with van der Waals surface area (Å²) < 4.78 is 0. The van der Waals surface area contributed by atoms with Crippen molar-refractivity contribution in [2.75, 3.05) is 0 Å². The van der Waals surface area contributed by atoms with E-state index in [9.17, 15) is 9.90 Å². The molecule has 0 saturated carbocycles. The lowest BCUT2D eigenvalue weighted by Crippen LogP contribution is -1.97. The van der Waals surface area contributed by atoms with Crippen molar-refractivity contribution >= 4 is 22.8 Å². The van der Waals surface area contributed by atoms with E-state index in [0.717, 1.165) is 5.39 Å². The van der Waals surface area contributed by atoms with Crippen molar-refractivity contribution < 1.29 is 15.0 Å². The van der Waals surface area contributed by atoms with Crippen molar-refractivity contribution in [2.45, 2.75) is 0 Å². The van der Waals surface area contributed by atoms with Crippen molar-refractivity contribution in [1.82, 2.24) is 0 Å². The lowest BCUT2D eigenvalue weighted by Gasteiger charge is -2.05. The SMILES string of the molecule is N#C/C(=C/c1c(O)ccc2ccccc12)C(=O)O. The number of carbonyl (C=O) groups is 1. The Morgan fingerprint density at radius 1 is 1.22 bits per heavy atom. The Labute approximate surface area is 103 Å². The molecule has 0 radical (unpaired) electrons. The van der Waals surface area contributed by atoms with Gasteiger partial charge in [-0.15, -0.1) is 0 Å². The van der Waals surface area contributed by atoms with Gasteiger partial charge in [0.1, 0.15) is 17.4 Å². The summed E-state index contributed by atoms with van der Waals surface area (Å²) in [5.41, 5.74) is -0.0753. The second-order valence-corrected chi connectivity index (χ2v) is 3.69. The number of rotatable bonds is 2. The van der Waals surface area contributed by atoms with Gasteiger partial charge in [-0.05, 0) is 22.9 Å². The molecule has 0 saturated heterocycles. The van der Waals surface area contributed by atoms with Gasteiger partial charge in [-0.2, -0.15) is 5.26 Å². The Bertz CT molecular complexity index is 696. The zero-order valence-electron chi connectivity index (χ0n) is 9.29. The molecule has 2 rings (SSSR count). The van der Waals surface area contributed by atoms with E-state index in [0.29, 0.717) is 10.9 Å². The van der Waals surface area contributed by atoms with Gasteiger partial charge in [0, 0.05) is 5.56 Å². The minimum absolute atomic E-state index is 0.0531. The summed E-state index contributed by atoms with van der Waals surface area (Å²) in [4.78, 5) is 10.8. The van der Waals surface area contributed by atoms with Crippen LogP contribution in [0.5, 0.6) is 5.75 Å². The number of nitrogens with zero attached hydrogens (tertiary/aromatic N) is 1. The molecular weight excluding hydrogens is 230 g/mol. The topological polar surface area (TPSA) is 81.3 Å². The molecule has 0 unspecified atom stereocenters. The van der Waals surface area contributed by atoms with Crippen molar-refractivity contribution in [1.29, 1.82) is 5.26 Å².